The van der Waals surface area contributed by atoms with Crippen LogP contribution in [0.2, 0.25) is 0 Å². The van der Waals surface area contributed by atoms with Crippen molar-refractivity contribution in [2.75, 3.05) is 18.4 Å². The van der Waals surface area contributed by atoms with Crippen molar-refractivity contribution in [1.82, 2.24) is 0 Å². The normalized spacial score (nSPS) is 13.1. The quantitative estimate of drug-likeness (QED) is 0.821. The zero-order valence-electron chi connectivity index (χ0n) is 10.3. The minimum Gasteiger partial charge on any atom is -0.494 e. The number of hydrogen-bond acceptors (Lipinski definition) is 4. The molecule has 0 spiro atoms. The molecule has 0 aliphatic carbocycles. The maximum Gasteiger partial charge on any atom is 0.236 e. The van der Waals surface area contributed by atoms with Gasteiger partial charge in [-0.3, -0.25) is 4.72 Å². The van der Waals surface area contributed by atoms with Crippen LogP contribution >= 0.6 is 0 Å². The summed E-state index contributed by atoms with van der Waals surface area (Å²) in [5.74, 6) is -0.369. The number of nitrogens with two attached hydrogens (primary N) is 1. The van der Waals surface area contributed by atoms with Crippen LogP contribution in [0, 0.1) is 5.82 Å². The number of sulfonamides is 1. The van der Waals surface area contributed by atoms with Gasteiger partial charge in [-0.1, -0.05) is 6.92 Å². The smallest absolute Gasteiger partial charge is 0.236 e. The first-order valence-corrected chi connectivity index (χ1v) is 7.04. The molecule has 102 valence electrons. The number of anilines is 1. The molecule has 0 saturated heterocycles. The van der Waals surface area contributed by atoms with Crippen LogP contribution in [0.1, 0.15) is 13.3 Å². The number of halogens is 1. The number of benzene rings is 1. The van der Waals surface area contributed by atoms with E-state index in [4.69, 9.17) is 10.5 Å². The topological polar surface area (TPSA) is 81.4 Å². The van der Waals surface area contributed by atoms with Crippen molar-refractivity contribution in [2.24, 2.45) is 5.73 Å². The summed E-state index contributed by atoms with van der Waals surface area (Å²) >= 11 is 0. The van der Waals surface area contributed by atoms with Crippen LogP contribution < -0.4 is 15.2 Å². The van der Waals surface area contributed by atoms with Crippen LogP contribution in [0.15, 0.2) is 18.2 Å². The Morgan fingerprint density at radius 1 is 1.50 bits per heavy atom. The molecule has 0 aliphatic heterocycles. The maximum atomic E-state index is 13.0. The number of nitrogens with one attached hydrogen (secondary N) is 1. The fourth-order valence-electron chi connectivity index (χ4n) is 1.50. The molecule has 3 N–H and O–H groups in total. The van der Waals surface area contributed by atoms with Gasteiger partial charge in [0, 0.05) is 12.6 Å². The van der Waals surface area contributed by atoms with E-state index in [1.165, 1.54) is 13.2 Å². The predicted molar refractivity (Wildman–Crippen MR) is 68.6 cm³/mol. The lowest BCUT2D eigenvalue weighted by atomic mass is 10.3. The highest BCUT2D eigenvalue weighted by Gasteiger charge is 2.23. The van der Waals surface area contributed by atoms with Gasteiger partial charge in [0.25, 0.3) is 0 Å². The van der Waals surface area contributed by atoms with Gasteiger partial charge in [0.15, 0.2) is 0 Å². The largest absolute Gasteiger partial charge is 0.494 e. The average Bonchev–Trinajstić information content (AvgIpc) is 2.32. The van der Waals surface area contributed by atoms with Gasteiger partial charge >= 0.3 is 0 Å². The summed E-state index contributed by atoms with van der Waals surface area (Å²) in [5, 5.41) is -0.688. The van der Waals surface area contributed by atoms with E-state index in [1.807, 2.05) is 0 Å². The van der Waals surface area contributed by atoms with Gasteiger partial charge in [-0.25, -0.2) is 12.8 Å². The Kier molecular flexibility index (Phi) is 4.92. The molecule has 0 amide bonds. The van der Waals surface area contributed by atoms with E-state index in [0.717, 1.165) is 12.1 Å². The Hall–Kier alpha value is -1.34. The van der Waals surface area contributed by atoms with Gasteiger partial charge in [-0.2, -0.15) is 0 Å². The Morgan fingerprint density at radius 2 is 2.17 bits per heavy atom. The second-order valence-electron chi connectivity index (χ2n) is 3.76. The van der Waals surface area contributed by atoms with Crippen molar-refractivity contribution in [3.8, 4) is 5.75 Å². The number of hydrogen-bond donors (Lipinski definition) is 2. The minimum atomic E-state index is -3.60. The van der Waals surface area contributed by atoms with E-state index in [2.05, 4.69) is 4.72 Å². The third kappa shape index (κ3) is 3.33. The molecule has 0 heterocycles. The second kappa shape index (κ2) is 6.01. The first kappa shape index (κ1) is 14.7. The SMILES string of the molecule is CCC(CN)S(=O)(=O)Nc1ccc(F)cc1OC. The van der Waals surface area contributed by atoms with Crippen LogP contribution in [-0.4, -0.2) is 27.3 Å². The van der Waals surface area contributed by atoms with Crippen LogP contribution in [0.3, 0.4) is 0 Å². The molecule has 1 aromatic rings. The summed E-state index contributed by atoms with van der Waals surface area (Å²) in [5.41, 5.74) is 5.61. The third-order valence-corrected chi connectivity index (χ3v) is 4.48. The standard InChI is InChI=1S/C11H17FN2O3S/c1-3-9(7-13)18(15,16)14-10-5-4-8(12)6-11(10)17-2/h4-6,9,14H,3,7,13H2,1-2H3. The van der Waals surface area contributed by atoms with Crippen molar-refractivity contribution < 1.29 is 17.5 Å². The summed E-state index contributed by atoms with van der Waals surface area (Å²) in [6.07, 6.45) is 0.398. The fraction of sp³-hybridized carbons (Fsp3) is 0.455. The molecule has 1 unspecified atom stereocenters. The highest BCUT2D eigenvalue weighted by Crippen LogP contribution is 2.26. The summed E-state index contributed by atoms with van der Waals surface area (Å²) in [7, 11) is -2.26. The van der Waals surface area contributed by atoms with Gasteiger partial charge in [0.2, 0.25) is 10.0 Å². The van der Waals surface area contributed by atoms with Gasteiger partial charge in [-0.15, -0.1) is 0 Å². The molecule has 1 aromatic carbocycles. The van der Waals surface area contributed by atoms with Gasteiger partial charge in [0.05, 0.1) is 18.0 Å². The average molecular weight is 276 g/mol. The van der Waals surface area contributed by atoms with Gasteiger partial charge < -0.3 is 10.5 Å². The molecule has 5 nitrogen and oxygen atoms in total. The zero-order valence-corrected chi connectivity index (χ0v) is 11.1. The minimum absolute atomic E-state index is 0.0232. The van der Waals surface area contributed by atoms with E-state index in [-0.39, 0.29) is 18.0 Å². The molecule has 0 saturated carbocycles. The predicted octanol–water partition coefficient (Wildman–Crippen LogP) is 1.31. The molecular weight excluding hydrogens is 259 g/mol. The number of rotatable bonds is 6. The molecular formula is C11H17FN2O3S. The molecule has 0 fully saturated rings. The first-order valence-electron chi connectivity index (χ1n) is 5.49. The van der Waals surface area contributed by atoms with Crippen LogP contribution in [0.4, 0.5) is 10.1 Å². The molecule has 7 heteroatoms. The Balaban J connectivity index is 3.04. The Morgan fingerprint density at radius 3 is 2.67 bits per heavy atom. The summed E-state index contributed by atoms with van der Waals surface area (Å²) < 4.78 is 44.2. The molecule has 0 bridgehead atoms. The maximum absolute atomic E-state index is 13.0. The highest BCUT2D eigenvalue weighted by atomic mass is 32.2. The molecule has 0 aromatic heterocycles. The summed E-state index contributed by atoms with van der Waals surface area (Å²) in [4.78, 5) is 0. The molecule has 0 aliphatic rings. The number of ether oxygens (including phenoxy) is 1. The van der Waals surface area contributed by atoms with Gasteiger partial charge in [0.1, 0.15) is 11.6 Å². The van der Waals surface area contributed by atoms with E-state index in [0.29, 0.717) is 6.42 Å². The zero-order chi connectivity index (χ0) is 13.8. The Labute approximate surface area is 106 Å². The lowest BCUT2D eigenvalue weighted by Gasteiger charge is -2.17. The van der Waals surface area contributed by atoms with Gasteiger partial charge in [-0.05, 0) is 18.6 Å². The van der Waals surface area contributed by atoms with Crippen LogP contribution in [0.5, 0.6) is 5.75 Å². The fourth-order valence-corrected chi connectivity index (χ4v) is 2.83. The van der Waals surface area contributed by atoms with Crippen LogP contribution in [-0.2, 0) is 10.0 Å². The van der Waals surface area contributed by atoms with Crippen molar-refractivity contribution in [3.05, 3.63) is 24.0 Å². The van der Waals surface area contributed by atoms with Crippen LogP contribution in [0.25, 0.3) is 0 Å². The summed E-state index contributed by atoms with van der Waals surface area (Å²) in [6, 6.07) is 3.58. The molecule has 1 atom stereocenters. The third-order valence-electron chi connectivity index (χ3n) is 2.57. The lowest BCUT2D eigenvalue weighted by molar-refractivity contribution is 0.413. The van der Waals surface area contributed by atoms with Crippen molar-refractivity contribution >= 4 is 15.7 Å². The van der Waals surface area contributed by atoms with E-state index >= 15 is 0 Å². The van der Waals surface area contributed by atoms with Crippen molar-refractivity contribution in [3.63, 3.8) is 0 Å². The molecule has 1 rings (SSSR count). The van der Waals surface area contributed by atoms with E-state index < -0.39 is 21.1 Å². The van der Waals surface area contributed by atoms with E-state index in [1.54, 1.807) is 6.92 Å². The summed E-state index contributed by atoms with van der Waals surface area (Å²) in [6.45, 7) is 1.76. The first-order chi connectivity index (χ1) is 8.44. The van der Waals surface area contributed by atoms with Crippen molar-refractivity contribution in [1.29, 1.82) is 0 Å². The van der Waals surface area contributed by atoms with Crippen molar-refractivity contribution in [2.45, 2.75) is 18.6 Å². The molecule has 0 radical (unpaired) electrons. The number of methoxy groups -OCH3 is 1. The molecule has 18 heavy (non-hydrogen) atoms. The second-order valence-corrected chi connectivity index (χ2v) is 5.72. The highest BCUT2D eigenvalue weighted by molar-refractivity contribution is 7.93. The Bertz CT molecular complexity index is 501. The monoisotopic (exact) mass is 276 g/mol. The lowest BCUT2D eigenvalue weighted by Crippen LogP contribution is -2.33. The van der Waals surface area contributed by atoms with E-state index in [9.17, 15) is 12.8 Å².